The second kappa shape index (κ2) is 7.97. The van der Waals surface area contributed by atoms with Gasteiger partial charge in [-0.2, -0.15) is 4.57 Å². The number of Topliss-reactive ketones (excluding diaryl/α,β-unsaturated/α-hetero) is 1. The van der Waals surface area contributed by atoms with Crippen LogP contribution in [0.15, 0.2) is 60.9 Å². The van der Waals surface area contributed by atoms with Crippen LogP contribution < -0.4 is 28.5 Å². The zero-order valence-corrected chi connectivity index (χ0v) is 12.3. The first kappa shape index (κ1) is 14.8. The lowest BCUT2D eigenvalue weighted by atomic mass is 10.1. The van der Waals surface area contributed by atoms with Gasteiger partial charge in [0, 0.05) is 18.6 Å². The van der Waals surface area contributed by atoms with Gasteiger partial charge in [0.25, 0.3) is 0 Å². The van der Waals surface area contributed by atoms with Gasteiger partial charge in [-0.05, 0) is 12.0 Å². The average Bonchev–Trinajstić information content (AvgIpc) is 2.39. The van der Waals surface area contributed by atoms with Crippen LogP contribution in [-0.2, 0) is 17.8 Å². The molecule has 0 radical (unpaired) electrons. The summed E-state index contributed by atoms with van der Waals surface area (Å²) >= 11 is 0. The van der Waals surface area contributed by atoms with E-state index in [4.69, 9.17) is 0 Å². The summed E-state index contributed by atoms with van der Waals surface area (Å²) in [5, 5.41) is 0. The fourth-order valence-corrected chi connectivity index (χ4v) is 1.75. The molecule has 0 fully saturated rings. The predicted octanol–water partition coefficient (Wildman–Crippen LogP) is -0.820. The second-order valence-corrected chi connectivity index (χ2v) is 4.07. The van der Waals surface area contributed by atoms with Gasteiger partial charge in [-0.15, -0.1) is 0 Å². The Kier molecular flexibility index (Phi) is 6.57. The van der Waals surface area contributed by atoms with E-state index in [1.165, 1.54) is 5.56 Å². The molecule has 0 spiro atoms. The molecule has 0 bridgehead atoms. The highest BCUT2D eigenvalue weighted by Gasteiger charge is 2.08. The van der Waals surface area contributed by atoms with E-state index in [-0.39, 0.29) is 29.8 Å². The topological polar surface area (TPSA) is 20.9 Å². The molecule has 0 unspecified atom stereocenters. The lowest BCUT2D eigenvalue weighted by molar-refractivity contribution is -0.684. The number of ketones is 1. The minimum absolute atomic E-state index is 0. The molecule has 0 aliphatic heterocycles. The molecule has 1 aromatic heterocycles. The van der Waals surface area contributed by atoms with Crippen molar-refractivity contribution in [3.05, 3.63) is 66.5 Å². The molecule has 1 aromatic carbocycles. The maximum Gasteiger partial charge on any atom is 0.206 e. The SMILES string of the molecule is O=C(CCc1ccccc1)C[n+]1ccccc1.[I-]. The van der Waals surface area contributed by atoms with Crippen LogP contribution in [0, 0.1) is 0 Å². The average molecular weight is 353 g/mol. The Balaban J connectivity index is 0.00000162. The summed E-state index contributed by atoms with van der Waals surface area (Å²) in [6.07, 6.45) is 5.26. The van der Waals surface area contributed by atoms with Crippen molar-refractivity contribution in [2.45, 2.75) is 19.4 Å². The zero-order chi connectivity index (χ0) is 11.9. The molecule has 94 valence electrons. The van der Waals surface area contributed by atoms with Gasteiger partial charge in [0.15, 0.2) is 18.2 Å². The van der Waals surface area contributed by atoms with Crippen LogP contribution in [0.25, 0.3) is 0 Å². The molecular weight excluding hydrogens is 337 g/mol. The van der Waals surface area contributed by atoms with Gasteiger partial charge in [-0.1, -0.05) is 36.4 Å². The lowest BCUT2D eigenvalue weighted by Crippen LogP contribution is -3.00. The van der Waals surface area contributed by atoms with Gasteiger partial charge in [-0.25, -0.2) is 0 Å². The third-order valence-corrected chi connectivity index (χ3v) is 2.67. The molecule has 2 aromatic rings. The Bertz CT molecular complexity index is 470. The first-order valence-corrected chi connectivity index (χ1v) is 5.84. The van der Waals surface area contributed by atoms with Crippen LogP contribution in [0.5, 0.6) is 0 Å². The third-order valence-electron chi connectivity index (χ3n) is 2.67. The van der Waals surface area contributed by atoms with Crippen molar-refractivity contribution in [3.8, 4) is 0 Å². The Labute approximate surface area is 125 Å². The van der Waals surface area contributed by atoms with Crippen LogP contribution in [0.1, 0.15) is 12.0 Å². The highest BCUT2D eigenvalue weighted by Crippen LogP contribution is 2.02. The van der Waals surface area contributed by atoms with Crippen LogP contribution in [-0.4, -0.2) is 5.78 Å². The summed E-state index contributed by atoms with van der Waals surface area (Å²) in [6.45, 7) is 0.466. The van der Waals surface area contributed by atoms with E-state index in [2.05, 4.69) is 12.1 Å². The normalized spacial score (nSPS) is 9.56. The monoisotopic (exact) mass is 353 g/mol. The van der Waals surface area contributed by atoms with E-state index < -0.39 is 0 Å². The summed E-state index contributed by atoms with van der Waals surface area (Å²) < 4.78 is 1.91. The molecule has 1 heterocycles. The molecule has 0 saturated carbocycles. The van der Waals surface area contributed by atoms with Crippen LogP contribution >= 0.6 is 0 Å². The van der Waals surface area contributed by atoms with Gasteiger partial charge < -0.3 is 24.0 Å². The first-order chi connectivity index (χ1) is 8.34. The number of carbonyl (C=O) groups is 1. The molecule has 0 atom stereocenters. The number of carbonyl (C=O) groups excluding carboxylic acids is 1. The van der Waals surface area contributed by atoms with E-state index >= 15 is 0 Å². The van der Waals surface area contributed by atoms with Crippen LogP contribution in [0.4, 0.5) is 0 Å². The first-order valence-electron chi connectivity index (χ1n) is 5.84. The Morgan fingerprint density at radius 2 is 1.56 bits per heavy atom. The number of halogens is 1. The molecule has 2 rings (SSSR count). The number of aromatic nitrogens is 1. The van der Waals surface area contributed by atoms with E-state index in [0.717, 1.165) is 6.42 Å². The number of rotatable bonds is 5. The van der Waals surface area contributed by atoms with Crippen LogP contribution in [0.2, 0.25) is 0 Å². The molecule has 2 nitrogen and oxygen atoms in total. The third kappa shape index (κ3) is 4.96. The number of benzene rings is 1. The minimum atomic E-state index is 0. The van der Waals surface area contributed by atoms with Crippen molar-refractivity contribution in [3.63, 3.8) is 0 Å². The molecule has 0 N–H and O–H groups in total. The van der Waals surface area contributed by atoms with E-state index in [0.29, 0.717) is 13.0 Å². The van der Waals surface area contributed by atoms with Crippen molar-refractivity contribution >= 4 is 5.78 Å². The summed E-state index contributed by atoms with van der Waals surface area (Å²) in [5.74, 6) is 0.269. The molecule has 0 aliphatic carbocycles. The van der Waals surface area contributed by atoms with E-state index in [1.807, 2.05) is 53.4 Å². The minimum Gasteiger partial charge on any atom is -1.00 e. The van der Waals surface area contributed by atoms with Gasteiger partial charge >= 0.3 is 0 Å². The number of nitrogens with zero attached hydrogens (tertiary/aromatic N) is 1. The fourth-order valence-electron chi connectivity index (χ4n) is 1.75. The molecular formula is C15H16INO. The highest BCUT2D eigenvalue weighted by atomic mass is 127. The zero-order valence-electron chi connectivity index (χ0n) is 10.1. The fraction of sp³-hybridized carbons (Fsp3) is 0.200. The number of aryl methyl sites for hydroxylation is 1. The Hall–Kier alpha value is -1.23. The lowest BCUT2D eigenvalue weighted by Gasteiger charge is -1.99. The van der Waals surface area contributed by atoms with Crippen molar-refractivity contribution < 1.29 is 33.3 Å². The Morgan fingerprint density at radius 3 is 2.22 bits per heavy atom. The Morgan fingerprint density at radius 1 is 0.944 bits per heavy atom. The van der Waals surface area contributed by atoms with Gasteiger partial charge in [0.2, 0.25) is 6.54 Å². The second-order valence-electron chi connectivity index (χ2n) is 4.07. The highest BCUT2D eigenvalue weighted by molar-refractivity contribution is 5.77. The van der Waals surface area contributed by atoms with Gasteiger partial charge in [-0.3, -0.25) is 4.79 Å². The standard InChI is InChI=1S/C15H16NO.HI/c17-15(13-16-11-5-2-6-12-16)10-9-14-7-3-1-4-8-14;/h1-8,11-12H,9-10,13H2;1H/q+1;/p-1. The van der Waals surface area contributed by atoms with Crippen LogP contribution in [0.3, 0.4) is 0 Å². The number of pyridine rings is 1. The smallest absolute Gasteiger partial charge is 0.206 e. The molecule has 0 aliphatic rings. The van der Waals surface area contributed by atoms with Crippen molar-refractivity contribution in [2.75, 3.05) is 0 Å². The van der Waals surface area contributed by atoms with E-state index in [1.54, 1.807) is 0 Å². The van der Waals surface area contributed by atoms with Crippen molar-refractivity contribution in [2.24, 2.45) is 0 Å². The van der Waals surface area contributed by atoms with Crippen molar-refractivity contribution in [1.82, 2.24) is 0 Å². The van der Waals surface area contributed by atoms with Gasteiger partial charge in [0.1, 0.15) is 0 Å². The molecule has 18 heavy (non-hydrogen) atoms. The van der Waals surface area contributed by atoms with Gasteiger partial charge in [0.05, 0.1) is 0 Å². The largest absolute Gasteiger partial charge is 1.00 e. The van der Waals surface area contributed by atoms with E-state index in [9.17, 15) is 4.79 Å². The quantitative estimate of drug-likeness (QED) is 0.509. The summed E-state index contributed by atoms with van der Waals surface area (Å²) in [7, 11) is 0. The number of hydrogen-bond acceptors (Lipinski definition) is 1. The maximum absolute atomic E-state index is 11.8. The number of hydrogen-bond donors (Lipinski definition) is 0. The summed E-state index contributed by atoms with van der Waals surface area (Å²) in [5.41, 5.74) is 1.22. The predicted molar refractivity (Wildman–Crippen MR) is 66.4 cm³/mol. The molecule has 3 heteroatoms. The maximum atomic E-state index is 11.8. The van der Waals surface area contributed by atoms with Crippen molar-refractivity contribution in [1.29, 1.82) is 0 Å². The summed E-state index contributed by atoms with van der Waals surface area (Å²) in [6, 6.07) is 15.9. The summed E-state index contributed by atoms with van der Waals surface area (Å²) in [4.78, 5) is 11.8. The molecule has 0 amide bonds. The molecule has 0 saturated heterocycles.